The van der Waals surface area contributed by atoms with Crippen LogP contribution in [0.3, 0.4) is 0 Å². The molecule has 1 heterocycles. The smallest absolute Gasteiger partial charge is 0.262 e. The molecular formula is C15H18N2O2S2. The normalized spacial score (nSPS) is 15.1. The van der Waals surface area contributed by atoms with Gasteiger partial charge in [-0.25, -0.2) is 8.42 Å². The minimum Gasteiger partial charge on any atom is -0.310 e. The maximum absolute atomic E-state index is 12.5. The fraction of sp³-hybridized carbons (Fsp3) is 0.333. The van der Waals surface area contributed by atoms with Crippen LogP contribution in [-0.4, -0.2) is 14.5 Å². The third-order valence-corrected chi connectivity index (χ3v) is 5.69. The Morgan fingerprint density at radius 3 is 2.76 bits per heavy atom. The van der Waals surface area contributed by atoms with Crippen LogP contribution in [0.25, 0.3) is 0 Å². The van der Waals surface area contributed by atoms with Gasteiger partial charge in [-0.15, -0.1) is 0 Å². The highest BCUT2D eigenvalue weighted by Crippen LogP contribution is 2.23. The summed E-state index contributed by atoms with van der Waals surface area (Å²) >= 11 is 1.46. The molecule has 0 spiro atoms. The first kappa shape index (κ1) is 14.6. The van der Waals surface area contributed by atoms with Crippen LogP contribution in [0.5, 0.6) is 0 Å². The molecule has 1 aliphatic carbocycles. The minimum absolute atomic E-state index is 0.351. The SMILES string of the molecule is Cc1ccc(CNC2CC2)cc1S(=O)(=O)Nc1ccsc1. The van der Waals surface area contributed by atoms with Gasteiger partial charge in [0.25, 0.3) is 10.0 Å². The zero-order valence-corrected chi connectivity index (χ0v) is 13.4. The van der Waals surface area contributed by atoms with Gasteiger partial charge in [0.2, 0.25) is 0 Å². The summed E-state index contributed by atoms with van der Waals surface area (Å²) in [7, 11) is -3.53. The Balaban J connectivity index is 1.83. The Labute approximate surface area is 129 Å². The predicted octanol–water partition coefficient (Wildman–Crippen LogP) is 3.11. The van der Waals surface area contributed by atoms with Gasteiger partial charge in [-0.2, -0.15) is 11.3 Å². The number of thiophene rings is 1. The molecule has 0 aliphatic heterocycles. The lowest BCUT2D eigenvalue weighted by atomic mass is 10.1. The topological polar surface area (TPSA) is 58.2 Å². The monoisotopic (exact) mass is 322 g/mol. The molecule has 1 aromatic heterocycles. The Morgan fingerprint density at radius 1 is 1.29 bits per heavy atom. The summed E-state index contributed by atoms with van der Waals surface area (Å²) in [5.41, 5.74) is 2.37. The summed E-state index contributed by atoms with van der Waals surface area (Å²) < 4.78 is 27.6. The second-order valence-electron chi connectivity index (χ2n) is 5.37. The molecule has 0 saturated heterocycles. The molecule has 0 bridgehead atoms. The van der Waals surface area contributed by atoms with Gasteiger partial charge in [0, 0.05) is 18.0 Å². The zero-order chi connectivity index (χ0) is 14.9. The van der Waals surface area contributed by atoms with Crippen LogP contribution in [0.4, 0.5) is 5.69 Å². The Morgan fingerprint density at radius 2 is 2.10 bits per heavy atom. The molecule has 4 nitrogen and oxygen atoms in total. The van der Waals surface area contributed by atoms with Crippen molar-refractivity contribution in [2.75, 3.05) is 4.72 Å². The summed E-state index contributed by atoms with van der Waals surface area (Å²) in [5, 5.41) is 7.03. The van der Waals surface area contributed by atoms with Gasteiger partial charge in [-0.1, -0.05) is 12.1 Å². The third-order valence-electron chi connectivity index (χ3n) is 3.49. The molecule has 1 aliphatic rings. The summed E-state index contributed by atoms with van der Waals surface area (Å²) in [5.74, 6) is 0. The summed E-state index contributed by atoms with van der Waals surface area (Å²) in [6.07, 6.45) is 2.44. The second kappa shape index (κ2) is 5.79. The lowest BCUT2D eigenvalue weighted by Crippen LogP contribution is -2.17. The Kier molecular flexibility index (Phi) is 4.01. The van der Waals surface area contributed by atoms with E-state index in [1.54, 1.807) is 17.5 Å². The van der Waals surface area contributed by atoms with E-state index in [0.717, 1.165) is 11.1 Å². The van der Waals surface area contributed by atoms with Crippen LogP contribution in [0.1, 0.15) is 24.0 Å². The van der Waals surface area contributed by atoms with Gasteiger partial charge in [0.1, 0.15) is 0 Å². The van der Waals surface area contributed by atoms with Crippen LogP contribution in [0.2, 0.25) is 0 Å². The lowest BCUT2D eigenvalue weighted by Gasteiger charge is -2.11. The van der Waals surface area contributed by atoms with Crippen molar-refractivity contribution in [3.05, 3.63) is 46.2 Å². The molecule has 0 amide bonds. The summed E-state index contributed by atoms with van der Waals surface area (Å²) in [4.78, 5) is 0.351. The van der Waals surface area contributed by atoms with Gasteiger partial charge < -0.3 is 5.32 Å². The van der Waals surface area contributed by atoms with Crippen LogP contribution in [0.15, 0.2) is 39.9 Å². The quantitative estimate of drug-likeness (QED) is 0.859. The minimum atomic E-state index is -3.53. The number of aryl methyl sites for hydroxylation is 1. The molecule has 6 heteroatoms. The van der Waals surface area contributed by atoms with E-state index in [0.29, 0.717) is 23.2 Å². The van der Waals surface area contributed by atoms with Crippen LogP contribution >= 0.6 is 11.3 Å². The lowest BCUT2D eigenvalue weighted by molar-refractivity contribution is 0.600. The highest BCUT2D eigenvalue weighted by Gasteiger charge is 2.21. The highest BCUT2D eigenvalue weighted by atomic mass is 32.2. The van der Waals surface area contributed by atoms with E-state index in [4.69, 9.17) is 0 Å². The van der Waals surface area contributed by atoms with E-state index in [2.05, 4.69) is 10.0 Å². The zero-order valence-electron chi connectivity index (χ0n) is 11.8. The van der Waals surface area contributed by atoms with Gasteiger partial charge in [0.05, 0.1) is 10.6 Å². The number of nitrogens with one attached hydrogen (secondary N) is 2. The number of benzene rings is 1. The fourth-order valence-electron chi connectivity index (χ4n) is 2.13. The van der Waals surface area contributed by atoms with Gasteiger partial charge in [-0.3, -0.25) is 4.72 Å². The van der Waals surface area contributed by atoms with Crippen molar-refractivity contribution in [2.45, 2.75) is 37.2 Å². The molecule has 1 fully saturated rings. The summed E-state index contributed by atoms with van der Waals surface area (Å²) in [6.45, 7) is 2.53. The molecule has 21 heavy (non-hydrogen) atoms. The number of hydrogen-bond donors (Lipinski definition) is 2. The van der Waals surface area contributed by atoms with Crippen molar-refractivity contribution >= 4 is 27.0 Å². The summed E-state index contributed by atoms with van der Waals surface area (Å²) in [6, 6.07) is 7.98. The molecule has 0 radical (unpaired) electrons. The first-order chi connectivity index (χ1) is 10.0. The van der Waals surface area contributed by atoms with E-state index in [9.17, 15) is 8.42 Å². The number of sulfonamides is 1. The first-order valence-electron chi connectivity index (χ1n) is 6.92. The molecule has 112 valence electrons. The molecular weight excluding hydrogens is 304 g/mol. The van der Waals surface area contributed by atoms with E-state index in [1.165, 1.54) is 24.2 Å². The van der Waals surface area contributed by atoms with E-state index in [1.807, 2.05) is 24.4 Å². The highest BCUT2D eigenvalue weighted by molar-refractivity contribution is 7.92. The fourth-order valence-corrected chi connectivity index (χ4v) is 4.13. The molecule has 1 saturated carbocycles. The van der Waals surface area contributed by atoms with Gasteiger partial charge in [0.15, 0.2) is 0 Å². The van der Waals surface area contributed by atoms with E-state index in [-0.39, 0.29) is 0 Å². The van der Waals surface area contributed by atoms with Crippen LogP contribution in [-0.2, 0) is 16.6 Å². The maximum atomic E-state index is 12.5. The van der Waals surface area contributed by atoms with Crippen LogP contribution < -0.4 is 10.0 Å². The number of hydrogen-bond acceptors (Lipinski definition) is 4. The Bertz CT molecular complexity index is 720. The molecule has 2 aromatic rings. The number of anilines is 1. The van der Waals surface area contributed by atoms with Crippen molar-refractivity contribution in [2.24, 2.45) is 0 Å². The molecule has 3 rings (SSSR count). The number of rotatable bonds is 6. The van der Waals surface area contributed by atoms with Crippen molar-refractivity contribution < 1.29 is 8.42 Å². The molecule has 0 atom stereocenters. The van der Waals surface area contributed by atoms with Gasteiger partial charge in [-0.05, 0) is 48.4 Å². The van der Waals surface area contributed by atoms with E-state index >= 15 is 0 Å². The molecule has 2 N–H and O–H groups in total. The van der Waals surface area contributed by atoms with Crippen molar-refractivity contribution in [1.29, 1.82) is 0 Å². The first-order valence-corrected chi connectivity index (χ1v) is 9.35. The average molecular weight is 322 g/mol. The Hall–Kier alpha value is -1.37. The standard InChI is InChI=1S/C15H18N2O2S2/c1-11-2-3-12(9-16-13-4-5-13)8-15(11)21(18,19)17-14-6-7-20-10-14/h2-3,6-8,10,13,16-17H,4-5,9H2,1H3. The predicted molar refractivity (Wildman–Crippen MR) is 86.2 cm³/mol. The van der Waals surface area contributed by atoms with E-state index < -0.39 is 10.0 Å². The average Bonchev–Trinajstić information content (AvgIpc) is 3.14. The third kappa shape index (κ3) is 3.64. The van der Waals surface area contributed by atoms with Crippen LogP contribution in [0, 0.1) is 6.92 Å². The maximum Gasteiger partial charge on any atom is 0.262 e. The van der Waals surface area contributed by atoms with Crippen molar-refractivity contribution in [3.8, 4) is 0 Å². The molecule has 0 unspecified atom stereocenters. The van der Waals surface area contributed by atoms with Crippen molar-refractivity contribution in [1.82, 2.24) is 5.32 Å². The van der Waals surface area contributed by atoms with Gasteiger partial charge >= 0.3 is 0 Å². The van der Waals surface area contributed by atoms with Crippen molar-refractivity contribution in [3.63, 3.8) is 0 Å². The molecule has 1 aromatic carbocycles. The largest absolute Gasteiger partial charge is 0.310 e. The second-order valence-corrected chi connectivity index (χ2v) is 7.80.